The van der Waals surface area contributed by atoms with Gasteiger partial charge in [-0.15, -0.1) is 0 Å². The number of carbonyl (C=O) groups excluding carboxylic acids is 3. The minimum absolute atomic E-state index is 0.102. The molecule has 6 heteroatoms. The van der Waals surface area contributed by atoms with E-state index in [1.54, 1.807) is 0 Å². The summed E-state index contributed by atoms with van der Waals surface area (Å²) in [6.45, 7) is 6.56. The smallest absolute Gasteiger partial charge is 0.306 e. The Balaban J connectivity index is 4.48. The average Bonchev–Trinajstić information content (AvgIpc) is 3.33. The molecule has 0 saturated carbocycles. The van der Waals surface area contributed by atoms with E-state index in [1.807, 2.05) is 0 Å². The summed E-state index contributed by atoms with van der Waals surface area (Å²) >= 11 is 0. The van der Waals surface area contributed by atoms with Crippen molar-refractivity contribution in [3.05, 3.63) is 72.9 Å². The summed E-state index contributed by atoms with van der Waals surface area (Å²) in [4.78, 5) is 38.1. The van der Waals surface area contributed by atoms with E-state index in [-0.39, 0.29) is 37.5 Å². The predicted molar refractivity (Wildman–Crippen MR) is 288 cm³/mol. The van der Waals surface area contributed by atoms with Crippen LogP contribution >= 0.6 is 0 Å². The molecule has 67 heavy (non-hydrogen) atoms. The van der Waals surface area contributed by atoms with Crippen LogP contribution < -0.4 is 0 Å². The minimum atomic E-state index is -0.808. The maximum absolute atomic E-state index is 12.8. The predicted octanol–water partition coefficient (Wildman–Crippen LogP) is 19.0. The Morgan fingerprint density at radius 1 is 0.299 bits per heavy atom. The summed E-state index contributed by atoms with van der Waals surface area (Å²) in [5.41, 5.74) is 0. The molecule has 0 aromatic rings. The molecule has 0 N–H and O–H groups in total. The molecule has 0 rings (SSSR count). The van der Waals surface area contributed by atoms with Crippen LogP contribution in [0.4, 0.5) is 0 Å². The van der Waals surface area contributed by atoms with E-state index in [9.17, 15) is 14.4 Å². The van der Waals surface area contributed by atoms with Crippen LogP contribution in [-0.4, -0.2) is 37.2 Å². The second-order valence-corrected chi connectivity index (χ2v) is 18.8. The fourth-order valence-corrected chi connectivity index (χ4v) is 7.84. The first kappa shape index (κ1) is 63.8. The van der Waals surface area contributed by atoms with Gasteiger partial charge in [-0.05, 0) is 109 Å². The lowest BCUT2D eigenvalue weighted by molar-refractivity contribution is -0.167. The van der Waals surface area contributed by atoms with Gasteiger partial charge in [0.2, 0.25) is 0 Å². The second-order valence-electron chi connectivity index (χ2n) is 18.8. The number of hydrogen-bond donors (Lipinski definition) is 0. The zero-order chi connectivity index (χ0) is 48.6. The van der Waals surface area contributed by atoms with Crippen molar-refractivity contribution in [2.45, 2.75) is 284 Å². The number of allylic oxidation sites excluding steroid dienone is 12. The van der Waals surface area contributed by atoms with Crippen LogP contribution in [0.2, 0.25) is 0 Å². The first-order valence-electron chi connectivity index (χ1n) is 28.4. The summed E-state index contributed by atoms with van der Waals surface area (Å²) in [5.74, 6) is -0.964. The molecule has 0 heterocycles. The van der Waals surface area contributed by atoms with Crippen LogP contribution in [0.5, 0.6) is 0 Å². The van der Waals surface area contributed by atoms with Crippen molar-refractivity contribution in [2.75, 3.05) is 13.2 Å². The number of carbonyl (C=O) groups is 3. The largest absolute Gasteiger partial charge is 0.462 e. The summed E-state index contributed by atoms with van der Waals surface area (Å²) in [6, 6.07) is 0. The molecular formula is C61H106O6. The van der Waals surface area contributed by atoms with E-state index >= 15 is 0 Å². The van der Waals surface area contributed by atoms with Gasteiger partial charge in [0.05, 0.1) is 0 Å². The van der Waals surface area contributed by atoms with Gasteiger partial charge in [0.15, 0.2) is 6.10 Å². The third kappa shape index (κ3) is 53.7. The molecule has 0 spiro atoms. The third-order valence-electron chi connectivity index (χ3n) is 12.2. The fourth-order valence-electron chi connectivity index (χ4n) is 7.84. The molecular weight excluding hydrogens is 829 g/mol. The molecule has 0 aromatic carbocycles. The van der Waals surface area contributed by atoms with Crippen molar-refractivity contribution >= 4 is 17.9 Å². The molecule has 1 atom stereocenters. The molecule has 0 unspecified atom stereocenters. The van der Waals surface area contributed by atoms with Gasteiger partial charge in [0, 0.05) is 19.3 Å². The lowest BCUT2D eigenvalue weighted by Gasteiger charge is -2.18. The van der Waals surface area contributed by atoms with Crippen molar-refractivity contribution in [1.82, 2.24) is 0 Å². The number of ether oxygens (including phenoxy) is 3. The Hall–Kier alpha value is -3.15. The van der Waals surface area contributed by atoms with Crippen LogP contribution in [0.25, 0.3) is 0 Å². The zero-order valence-corrected chi connectivity index (χ0v) is 44.2. The van der Waals surface area contributed by atoms with Crippen LogP contribution in [0, 0.1) is 0 Å². The Bertz CT molecular complexity index is 1260. The van der Waals surface area contributed by atoms with Crippen molar-refractivity contribution < 1.29 is 28.6 Å². The first-order valence-corrected chi connectivity index (χ1v) is 28.4. The second kappa shape index (κ2) is 55.4. The van der Waals surface area contributed by atoms with Gasteiger partial charge < -0.3 is 14.2 Å². The SMILES string of the molecule is CCCCC/C=C\C/C=C\CCCCCCCCCC(=O)OC[C@H](COC(=O)CCCCCCC/C=C\CCCCCCCC)OC(=O)CCC/C=C\C/C=C\C/C=C\CCCCCCCC. The van der Waals surface area contributed by atoms with Gasteiger partial charge in [0.25, 0.3) is 0 Å². The quantitative estimate of drug-likeness (QED) is 0.0262. The summed E-state index contributed by atoms with van der Waals surface area (Å²) in [6.07, 6.45) is 70.3. The topological polar surface area (TPSA) is 78.9 Å². The molecule has 0 aromatic heterocycles. The molecule has 0 saturated heterocycles. The highest BCUT2D eigenvalue weighted by atomic mass is 16.6. The van der Waals surface area contributed by atoms with Crippen LogP contribution in [-0.2, 0) is 28.6 Å². The maximum atomic E-state index is 12.8. The van der Waals surface area contributed by atoms with E-state index in [4.69, 9.17) is 14.2 Å². The number of hydrogen-bond acceptors (Lipinski definition) is 6. The summed E-state index contributed by atoms with van der Waals surface area (Å²) in [5, 5.41) is 0. The Labute approximate surface area is 414 Å². The van der Waals surface area contributed by atoms with Gasteiger partial charge in [-0.25, -0.2) is 0 Å². The normalized spacial score (nSPS) is 12.6. The van der Waals surface area contributed by atoms with Gasteiger partial charge in [0.1, 0.15) is 13.2 Å². The van der Waals surface area contributed by atoms with E-state index in [1.165, 1.54) is 154 Å². The van der Waals surface area contributed by atoms with Crippen molar-refractivity contribution in [3.63, 3.8) is 0 Å². The van der Waals surface area contributed by atoms with Gasteiger partial charge >= 0.3 is 17.9 Å². The van der Waals surface area contributed by atoms with Gasteiger partial charge in [-0.3, -0.25) is 14.4 Å². The lowest BCUT2D eigenvalue weighted by atomic mass is 10.1. The Kier molecular flexibility index (Phi) is 52.8. The van der Waals surface area contributed by atoms with E-state index in [0.29, 0.717) is 19.3 Å². The fraction of sp³-hybridized carbons (Fsp3) is 0.754. The number of esters is 3. The average molecular weight is 936 g/mol. The molecule has 0 aliphatic carbocycles. The van der Waals surface area contributed by atoms with Gasteiger partial charge in [-0.1, -0.05) is 222 Å². The lowest BCUT2D eigenvalue weighted by Crippen LogP contribution is -2.30. The third-order valence-corrected chi connectivity index (χ3v) is 12.2. The minimum Gasteiger partial charge on any atom is -0.462 e. The van der Waals surface area contributed by atoms with Crippen LogP contribution in [0.15, 0.2) is 72.9 Å². The van der Waals surface area contributed by atoms with Crippen molar-refractivity contribution in [1.29, 1.82) is 0 Å². The van der Waals surface area contributed by atoms with Gasteiger partial charge in [-0.2, -0.15) is 0 Å². The monoisotopic (exact) mass is 935 g/mol. The number of unbranched alkanes of at least 4 members (excludes halogenated alkanes) is 28. The summed E-state index contributed by atoms with van der Waals surface area (Å²) < 4.78 is 16.8. The molecule has 0 aliphatic heterocycles. The molecule has 0 aliphatic rings. The molecule has 0 radical (unpaired) electrons. The highest BCUT2D eigenvalue weighted by Crippen LogP contribution is 2.14. The molecule has 0 amide bonds. The van der Waals surface area contributed by atoms with Crippen LogP contribution in [0.3, 0.4) is 0 Å². The number of rotatable bonds is 51. The van der Waals surface area contributed by atoms with Crippen LogP contribution in [0.1, 0.15) is 278 Å². The molecule has 0 fully saturated rings. The Morgan fingerprint density at radius 2 is 0.552 bits per heavy atom. The van der Waals surface area contributed by atoms with Crippen molar-refractivity contribution in [2.24, 2.45) is 0 Å². The van der Waals surface area contributed by atoms with Crippen molar-refractivity contribution in [3.8, 4) is 0 Å². The standard InChI is InChI=1S/C61H106O6/c1-4-7-10-13-16-19-22-25-28-30-33-36-39-42-45-48-51-54-60(63)66-57-58(56-65-59(62)53-50-47-44-41-38-35-32-27-24-21-18-15-12-9-6-3)67-61(64)55-52-49-46-43-40-37-34-31-29-26-23-20-17-14-11-8-5-2/h16,19,25-29,32,34,37,43,46,58H,4-15,17-18,20-24,30-31,33,35-36,38-42,44-45,47-57H2,1-3H3/b19-16-,28-25-,29-26-,32-27-,37-34-,46-43-/t58-/m0/s1. The van der Waals surface area contributed by atoms with E-state index in [2.05, 4.69) is 93.7 Å². The highest BCUT2D eigenvalue weighted by Gasteiger charge is 2.19. The van der Waals surface area contributed by atoms with E-state index < -0.39 is 6.10 Å². The molecule has 0 bridgehead atoms. The molecule has 6 nitrogen and oxygen atoms in total. The zero-order valence-electron chi connectivity index (χ0n) is 44.2. The Morgan fingerprint density at radius 3 is 0.925 bits per heavy atom. The van der Waals surface area contributed by atoms with E-state index in [0.717, 1.165) is 77.0 Å². The maximum Gasteiger partial charge on any atom is 0.306 e. The summed E-state index contributed by atoms with van der Waals surface area (Å²) in [7, 11) is 0. The first-order chi connectivity index (χ1) is 33.0. The molecule has 386 valence electrons. The highest BCUT2D eigenvalue weighted by molar-refractivity contribution is 5.71.